The minimum atomic E-state index is -0.293. The zero-order chi connectivity index (χ0) is 18.2. The van der Waals surface area contributed by atoms with Gasteiger partial charge >= 0.3 is 0 Å². The Morgan fingerprint density at radius 1 is 0.808 bits per heavy atom. The van der Waals surface area contributed by atoms with Crippen molar-refractivity contribution in [1.82, 2.24) is 0 Å². The molecule has 2 N–H and O–H groups in total. The van der Waals surface area contributed by atoms with Crippen molar-refractivity contribution in [2.75, 3.05) is 11.9 Å². The van der Waals surface area contributed by atoms with Crippen LogP contribution in [-0.4, -0.2) is 11.7 Å². The van der Waals surface area contributed by atoms with Crippen LogP contribution in [0.15, 0.2) is 91.0 Å². The number of para-hydroxylation sites is 1. The Hall–Kier alpha value is -2.58. The normalized spacial score (nSPS) is 14.4. The summed E-state index contributed by atoms with van der Waals surface area (Å²) in [6.07, 6.45) is 1.68. The molecule has 3 aromatic rings. The second-order valence-electron chi connectivity index (χ2n) is 6.89. The van der Waals surface area contributed by atoms with E-state index in [-0.39, 0.29) is 18.1 Å². The lowest BCUT2D eigenvalue weighted by Gasteiger charge is -2.40. The van der Waals surface area contributed by atoms with Crippen molar-refractivity contribution in [2.45, 2.75) is 31.2 Å². The van der Waals surface area contributed by atoms with Gasteiger partial charge in [-0.05, 0) is 43.0 Å². The van der Waals surface area contributed by atoms with Crippen LogP contribution in [0.4, 0.5) is 5.69 Å². The van der Waals surface area contributed by atoms with Crippen LogP contribution >= 0.6 is 0 Å². The third-order valence-corrected chi connectivity index (χ3v) is 5.10. The molecule has 0 saturated carbocycles. The third kappa shape index (κ3) is 4.14. The molecule has 134 valence electrons. The SMILES string of the molecule is CC(Nc1ccccc1)(c1ccccc1)C(CCCO)c1ccccc1. The molecule has 0 bridgehead atoms. The van der Waals surface area contributed by atoms with Crippen LogP contribution in [0.5, 0.6) is 0 Å². The van der Waals surface area contributed by atoms with Crippen molar-refractivity contribution in [3.63, 3.8) is 0 Å². The number of hydrogen-bond donors (Lipinski definition) is 2. The van der Waals surface area contributed by atoms with Crippen molar-refractivity contribution in [2.24, 2.45) is 0 Å². The molecule has 0 amide bonds. The van der Waals surface area contributed by atoms with Gasteiger partial charge in [0.1, 0.15) is 0 Å². The lowest BCUT2D eigenvalue weighted by molar-refractivity contribution is 0.268. The molecule has 2 nitrogen and oxygen atoms in total. The molecule has 0 aliphatic carbocycles. The molecule has 2 atom stereocenters. The first-order valence-electron chi connectivity index (χ1n) is 9.28. The van der Waals surface area contributed by atoms with E-state index in [0.717, 1.165) is 18.5 Å². The Morgan fingerprint density at radius 3 is 1.92 bits per heavy atom. The zero-order valence-corrected chi connectivity index (χ0v) is 15.3. The van der Waals surface area contributed by atoms with Crippen molar-refractivity contribution in [1.29, 1.82) is 0 Å². The highest BCUT2D eigenvalue weighted by Gasteiger charge is 2.36. The molecule has 0 heterocycles. The van der Waals surface area contributed by atoms with Gasteiger partial charge < -0.3 is 10.4 Å². The summed E-state index contributed by atoms with van der Waals surface area (Å²) in [5.41, 5.74) is 3.34. The van der Waals surface area contributed by atoms with Crippen LogP contribution in [0.1, 0.15) is 36.8 Å². The number of benzene rings is 3. The minimum absolute atomic E-state index is 0.208. The van der Waals surface area contributed by atoms with Crippen LogP contribution in [0, 0.1) is 0 Å². The van der Waals surface area contributed by atoms with E-state index in [1.54, 1.807) is 0 Å². The van der Waals surface area contributed by atoms with Crippen LogP contribution in [0.2, 0.25) is 0 Å². The highest BCUT2D eigenvalue weighted by molar-refractivity contribution is 5.49. The maximum Gasteiger partial charge on any atom is 0.0665 e. The molecule has 26 heavy (non-hydrogen) atoms. The number of rotatable bonds is 8. The lowest BCUT2D eigenvalue weighted by Crippen LogP contribution is -2.39. The number of nitrogens with one attached hydrogen (secondary N) is 1. The van der Waals surface area contributed by atoms with Crippen LogP contribution < -0.4 is 5.32 Å². The number of hydrogen-bond acceptors (Lipinski definition) is 2. The predicted octanol–water partition coefficient (Wildman–Crippen LogP) is 5.57. The highest BCUT2D eigenvalue weighted by atomic mass is 16.2. The van der Waals surface area contributed by atoms with Crippen LogP contribution in [0.3, 0.4) is 0 Å². The summed E-state index contributed by atoms with van der Waals surface area (Å²) in [5, 5.41) is 13.3. The van der Waals surface area contributed by atoms with Crippen LogP contribution in [-0.2, 0) is 5.54 Å². The molecule has 0 aromatic heterocycles. The summed E-state index contributed by atoms with van der Waals surface area (Å²) in [7, 11) is 0. The maximum atomic E-state index is 9.47. The quantitative estimate of drug-likeness (QED) is 0.559. The van der Waals surface area contributed by atoms with E-state index in [0.29, 0.717) is 0 Å². The molecule has 2 unspecified atom stereocenters. The third-order valence-electron chi connectivity index (χ3n) is 5.10. The van der Waals surface area contributed by atoms with E-state index in [1.807, 2.05) is 6.07 Å². The van der Waals surface area contributed by atoms with Crippen molar-refractivity contribution < 1.29 is 5.11 Å². The monoisotopic (exact) mass is 345 g/mol. The van der Waals surface area contributed by atoms with E-state index in [1.165, 1.54) is 11.1 Å². The molecule has 0 spiro atoms. The van der Waals surface area contributed by atoms with Gasteiger partial charge in [-0.15, -0.1) is 0 Å². The van der Waals surface area contributed by atoms with Gasteiger partial charge in [-0.1, -0.05) is 78.9 Å². The average molecular weight is 345 g/mol. The summed E-state index contributed by atoms with van der Waals surface area (Å²) in [6, 6.07) is 31.6. The van der Waals surface area contributed by atoms with Gasteiger partial charge in [-0.25, -0.2) is 0 Å². The summed E-state index contributed by atoms with van der Waals surface area (Å²) in [5.74, 6) is 0.235. The summed E-state index contributed by atoms with van der Waals surface area (Å²) in [6.45, 7) is 2.48. The molecular formula is C24H27NO. The van der Waals surface area contributed by atoms with E-state index in [9.17, 15) is 5.11 Å². The number of anilines is 1. The Kier molecular flexibility index (Phi) is 6.08. The number of aliphatic hydroxyl groups is 1. The van der Waals surface area contributed by atoms with Crippen molar-refractivity contribution in [3.8, 4) is 0 Å². The molecule has 0 radical (unpaired) electrons. The van der Waals surface area contributed by atoms with Crippen molar-refractivity contribution in [3.05, 3.63) is 102 Å². The van der Waals surface area contributed by atoms with Gasteiger partial charge in [0.25, 0.3) is 0 Å². The maximum absolute atomic E-state index is 9.47. The second kappa shape index (κ2) is 8.68. The fourth-order valence-corrected chi connectivity index (χ4v) is 3.74. The zero-order valence-electron chi connectivity index (χ0n) is 15.3. The Balaban J connectivity index is 2.07. The van der Waals surface area contributed by atoms with Crippen LogP contribution in [0.25, 0.3) is 0 Å². The predicted molar refractivity (Wildman–Crippen MR) is 109 cm³/mol. The second-order valence-corrected chi connectivity index (χ2v) is 6.89. The fraction of sp³-hybridized carbons (Fsp3) is 0.250. The Bertz CT molecular complexity index is 773. The topological polar surface area (TPSA) is 32.3 Å². The molecule has 0 aliphatic rings. The Labute approximate surface area is 156 Å². The molecular weight excluding hydrogens is 318 g/mol. The van der Waals surface area contributed by atoms with Gasteiger partial charge in [0.2, 0.25) is 0 Å². The molecule has 0 fully saturated rings. The van der Waals surface area contributed by atoms with Gasteiger partial charge in [0, 0.05) is 18.2 Å². The Morgan fingerprint density at radius 2 is 1.35 bits per heavy atom. The first-order valence-corrected chi connectivity index (χ1v) is 9.28. The van der Waals surface area contributed by atoms with E-state index < -0.39 is 0 Å². The molecule has 2 heteroatoms. The van der Waals surface area contributed by atoms with E-state index in [4.69, 9.17) is 0 Å². The fourth-order valence-electron chi connectivity index (χ4n) is 3.74. The molecule has 0 aliphatic heterocycles. The molecule has 3 rings (SSSR count). The first kappa shape index (κ1) is 18.2. The molecule has 3 aromatic carbocycles. The minimum Gasteiger partial charge on any atom is -0.396 e. The highest BCUT2D eigenvalue weighted by Crippen LogP contribution is 2.42. The standard InChI is InChI=1S/C24H27NO/c1-24(21-14-7-3-8-15-21,25-22-16-9-4-10-17-22)23(18-11-19-26)20-12-5-2-6-13-20/h2-10,12-17,23,25-26H,11,18-19H2,1H3. The summed E-state index contributed by atoms with van der Waals surface area (Å²) < 4.78 is 0. The number of aliphatic hydroxyl groups excluding tert-OH is 1. The van der Waals surface area contributed by atoms with E-state index in [2.05, 4.69) is 97.2 Å². The smallest absolute Gasteiger partial charge is 0.0665 e. The summed E-state index contributed by atoms with van der Waals surface area (Å²) >= 11 is 0. The average Bonchev–Trinajstić information content (AvgIpc) is 2.70. The van der Waals surface area contributed by atoms with Gasteiger partial charge in [-0.3, -0.25) is 0 Å². The molecule has 0 saturated heterocycles. The first-order chi connectivity index (χ1) is 12.7. The van der Waals surface area contributed by atoms with Crippen molar-refractivity contribution >= 4 is 5.69 Å². The van der Waals surface area contributed by atoms with E-state index >= 15 is 0 Å². The van der Waals surface area contributed by atoms with Gasteiger partial charge in [-0.2, -0.15) is 0 Å². The van der Waals surface area contributed by atoms with Gasteiger partial charge in [0.15, 0.2) is 0 Å². The lowest BCUT2D eigenvalue weighted by atomic mass is 9.73. The summed E-state index contributed by atoms with van der Waals surface area (Å²) in [4.78, 5) is 0. The van der Waals surface area contributed by atoms with Gasteiger partial charge in [0.05, 0.1) is 5.54 Å². The largest absolute Gasteiger partial charge is 0.396 e.